The number of likely N-dealkylation sites (N-methyl/N-ethyl adjacent to an activating group) is 1. The number of hydrogen-bond donors (Lipinski definition) is 1. The molecule has 0 aromatic heterocycles. The van der Waals surface area contributed by atoms with E-state index in [-0.39, 0.29) is 12.2 Å². The highest BCUT2D eigenvalue weighted by Crippen LogP contribution is 2.25. The lowest BCUT2D eigenvalue weighted by molar-refractivity contribution is -0.132. The topological polar surface area (TPSA) is 35.6 Å². The average Bonchev–Trinajstić information content (AvgIpc) is 2.81. The van der Waals surface area contributed by atoms with E-state index < -0.39 is 0 Å². The van der Waals surface area contributed by atoms with Crippen LogP contribution in [-0.2, 0) is 4.79 Å². The van der Waals surface area contributed by atoms with Crippen LogP contribution in [-0.4, -0.2) is 54.1 Å². The third-order valence-electron chi connectivity index (χ3n) is 4.04. The van der Waals surface area contributed by atoms with Gasteiger partial charge in [0.05, 0.1) is 12.2 Å². The highest BCUT2D eigenvalue weighted by Gasteiger charge is 2.43. The van der Waals surface area contributed by atoms with Gasteiger partial charge in [-0.05, 0) is 32.4 Å². The Kier molecular flexibility index (Phi) is 3.73. The molecule has 2 fully saturated rings. The maximum atomic E-state index is 12.5. The van der Waals surface area contributed by atoms with E-state index in [4.69, 9.17) is 0 Å². The Morgan fingerprint density at radius 1 is 1.47 bits per heavy atom. The molecule has 0 saturated carbocycles. The molecule has 2 aliphatic rings. The Balaban J connectivity index is 2.11. The first-order valence-corrected chi connectivity index (χ1v) is 6.81. The molecule has 3 unspecified atom stereocenters. The highest BCUT2D eigenvalue weighted by atomic mass is 16.2. The summed E-state index contributed by atoms with van der Waals surface area (Å²) >= 11 is 0. The van der Waals surface area contributed by atoms with Gasteiger partial charge >= 0.3 is 0 Å². The minimum absolute atomic E-state index is 0.0193. The number of carbonyl (C=O) groups excluding carboxylic acids is 1. The van der Waals surface area contributed by atoms with Gasteiger partial charge in [-0.25, -0.2) is 0 Å². The molecule has 0 bridgehead atoms. The molecule has 4 nitrogen and oxygen atoms in total. The van der Waals surface area contributed by atoms with E-state index in [1.54, 1.807) is 0 Å². The van der Waals surface area contributed by atoms with E-state index in [2.05, 4.69) is 42.9 Å². The molecule has 0 aromatic carbocycles. The van der Waals surface area contributed by atoms with E-state index in [9.17, 15) is 4.79 Å². The number of nitrogens with one attached hydrogen (secondary N) is 1. The van der Waals surface area contributed by atoms with E-state index in [1.165, 1.54) is 0 Å². The Labute approximate surface area is 104 Å². The standard InChI is InChI=1S/C13H25N3O/c1-5-11-14-12(9(2)3)13(17)16(11)10-6-7-15(4)8-10/h9-12,14H,5-8H2,1-4H3. The predicted octanol–water partition coefficient (Wildman–Crippen LogP) is 0.883. The summed E-state index contributed by atoms with van der Waals surface area (Å²) < 4.78 is 0. The van der Waals surface area contributed by atoms with Gasteiger partial charge in [0.1, 0.15) is 0 Å². The molecule has 1 amide bonds. The largest absolute Gasteiger partial charge is 0.321 e. The van der Waals surface area contributed by atoms with Gasteiger partial charge in [0.15, 0.2) is 0 Å². The first-order chi connectivity index (χ1) is 8.04. The van der Waals surface area contributed by atoms with Gasteiger partial charge in [0.2, 0.25) is 5.91 Å². The minimum atomic E-state index is 0.0193. The maximum Gasteiger partial charge on any atom is 0.241 e. The second-order valence-electron chi connectivity index (χ2n) is 5.76. The van der Waals surface area contributed by atoms with Gasteiger partial charge in [-0.3, -0.25) is 10.1 Å². The van der Waals surface area contributed by atoms with Gasteiger partial charge in [0, 0.05) is 12.6 Å². The van der Waals surface area contributed by atoms with Crippen molar-refractivity contribution in [3.05, 3.63) is 0 Å². The van der Waals surface area contributed by atoms with Crippen molar-refractivity contribution in [1.29, 1.82) is 0 Å². The lowest BCUT2D eigenvalue weighted by atomic mass is 10.0. The second-order valence-corrected chi connectivity index (χ2v) is 5.76. The summed E-state index contributed by atoms with van der Waals surface area (Å²) in [5.74, 6) is 0.688. The van der Waals surface area contributed by atoms with Crippen molar-refractivity contribution in [3.63, 3.8) is 0 Å². The van der Waals surface area contributed by atoms with Crippen molar-refractivity contribution in [2.75, 3.05) is 20.1 Å². The number of amides is 1. The van der Waals surface area contributed by atoms with Crippen LogP contribution in [0.1, 0.15) is 33.6 Å². The molecular weight excluding hydrogens is 214 g/mol. The van der Waals surface area contributed by atoms with Gasteiger partial charge in [-0.1, -0.05) is 20.8 Å². The summed E-state index contributed by atoms with van der Waals surface area (Å²) in [7, 11) is 2.13. The first-order valence-electron chi connectivity index (χ1n) is 6.81. The summed E-state index contributed by atoms with van der Waals surface area (Å²) in [6.07, 6.45) is 2.35. The van der Waals surface area contributed by atoms with Gasteiger partial charge in [-0.2, -0.15) is 0 Å². The molecule has 98 valence electrons. The zero-order valence-corrected chi connectivity index (χ0v) is 11.4. The fraction of sp³-hybridized carbons (Fsp3) is 0.923. The SMILES string of the molecule is CCC1NC(C(C)C)C(=O)N1C1CCN(C)C1. The van der Waals surface area contributed by atoms with Crippen molar-refractivity contribution in [2.24, 2.45) is 5.92 Å². The Bertz CT molecular complexity index is 292. The molecule has 0 aromatic rings. The maximum absolute atomic E-state index is 12.5. The minimum Gasteiger partial charge on any atom is -0.321 e. The molecular formula is C13H25N3O. The third-order valence-corrected chi connectivity index (χ3v) is 4.04. The monoisotopic (exact) mass is 239 g/mol. The average molecular weight is 239 g/mol. The van der Waals surface area contributed by atoms with Crippen LogP contribution in [0, 0.1) is 5.92 Å². The molecule has 0 aliphatic carbocycles. The Morgan fingerprint density at radius 3 is 2.65 bits per heavy atom. The van der Waals surface area contributed by atoms with E-state index in [0.29, 0.717) is 17.9 Å². The van der Waals surface area contributed by atoms with Crippen molar-refractivity contribution >= 4 is 5.91 Å². The number of carbonyl (C=O) groups is 1. The quantitative estimate of drug-likeness (QED) is 0.794. The molecule has 2 saturated heterocycles. The lowest BCUT2D eigenvalue weighted by Gasteiger charge is -2.29. The smallest absolute Gasteiger partial charge is 0.241 e. The second kappa shape index (κ2) is 4.94. The molecule has 17 heavy (non-hydrogen) atoms. The number of likely N-dealkylation sites (tertiary alicyclic amines) is 1. The predicted molar refractivity (Wildman–Crippen MR) is 68.6 cm³/mol. The van der Waals surface area contributed by atoms with E-state index in [1.807, 2.05) is 0 Å². The molecule has 3 atom stereocenters. The number of nitrogens with zero attached hydrogens (tertiary/aromatic N) is 2. The third kappa shape index (κ3) is 2.33. The highest BCUT2D eigenvalue weighted by molar-refractivity contribution is 5.85. The zero-order valence-electron chi connectivity index (χ0n) is 11.4. The van der Waals surface area contributed by atoms with Crippen molar-refractivity contribution in [3.8, 4) is 0 Å². The van der Waals surface area contributed by atoms with E-state index in [0.717, 1.165) is 25.9 Å². The van der Waals surface area contributed by atoms with Crippen molar-refractivity contribution in [2.45, 2.75) is 51.9 Å². The summed E-state index contributed by atoms with van der Waals surface area (Å²) in [6, 6.07) is 0.430. The van der Waals surface area contributed by atoms with Crippen LogP contribution in [0.25, 0.3) is 0 Å². The fourth-order valence-corrected chi connectivity index (χ4v) is 3.04. The van der Waals surface area contributed by atoms with Crippen LogP contribution in [0.5, 0.6) is 0 Å². The van der Waals surface area contributed by atoms with Crippen molar-refractivity contribution in [1.82, 2.24) is 15.1 Å². The van der Waals surface area contributed by atoms with Crippen LogP contribution in [0.3, 0.4) is 0 Å². The summed E-state index contributed by atoms with van der Waals surface area (Å²) in [6.45, 7) is 8.52. The number of hydrogen-bond acceptors (Lipinski definition) is 3. The molecule has 2 aliphatic heterocycles. The Hall–Kier alpha value is -0.610. The number of rotatable bonds is 3. The van der Waals surface area contributed by atoms with Crippen LogP contribution in [0.2, 0.25) is 0 Å². The molecule has 0 radical (unpaired) electrons. The Morgan fingerprint density at radius 2 is 2.18 bits per heavy atom. The van der Waals surface area contributed by atoms with Crippen LogP contribution in [0.4, 0.5) is 0 Å². The summed E-state index contributed by atoms with van der Waals surface area (Å²) in [5.41, 5.74) is 0. The summed E-state index contributed by atoms with van der Waals surface area (Å²) in [4.78, 5) is 16.9. The molecule has 2 rings (SSSR count). The lowest BCUT2D eigenvalue weighted by Crippen LogP contribution is -2.45. The molecule has 0 spiro atoms. The molecule has 2 heterocycles. The van der Waals surface area contributed by atoms with Crippen LogP contribution >= 0.6 is 0 Å². The van der Waals surface area contributed by atoms with Gasteiger partial charge in [0.25, 0.3) is 0 Å². The van der Waals surface area contributed by atoms with Gasteiger partial charge < -0.3 is 9.80 Å². The van der Waals surface area contributed by atoms with Crippen molar-refractivity contribution < 1.29 is 4.79 Å². The van der Waals surface area contributed by atoms with Crippen LogP contribution < -0.4 is 5.32 Å². The molecule has 4 heteroatoms. The summed E-state index contributed by atoms with van der Waals surface area (Å²) in [5, 5.41) is 3.49. The van der Waals surface area contributed by atoms with Crippen LogP contribution in [0.15, 0.2) is 0 Å². The zero-order chi connectivity index (χ0) is 12.6. The normalized spacial score (nSPS) is 35.2. The molecule has 1 N–H and O–H groups in total. The first kappa shape index (κ1) is 12.8. The fourth-order valence-electron chi connectivity index (χ4n) is 3.04. The van der Waals surface area contributed by atoms with E-state index >= 15 is 0 Å². The van der Waals surface area contributed by atoms with Gasteiger partial charge in [-0.15, -0.1) is 0 Å².